The number of rotatable bonds is 6. The van der Waals surface area contributed by atoms with E-state index in [9.17, 15) is 15.2 Å². The summed E-state index contributed by atoms with van der Waals surface area (Å²) in [5.41, 5.74) is 0.801. The van der Waals surface area contributed by atoms with Gasteiger partial charge in [-0.2, -0.15) is 0 Å². The quantitative estimate of drug-likeness (QED) is 0.644. The van der Waals surface area contributed by atoms with Crippen LogP contribution >= 0.6 is 0 Å². The van der Waals surface area contributed by atoms with Crippen LogP contribution in [0.15, 0.2) is 18.2 Å². The van der Waals surface area contributed by atoms with Crippen molar-refractivity contribution in [3.05, 3.63) is 33.9 Å². The minimum Gasteiger partial charge on any atom is -0.490 e. The number of hydrogen-bond donors (Lipinski definition) is 1. The van der Waals surface area contributed by atoms with Crippen molar-refractivity contribution in [3.8, 4) is 5.75 Å². The van der Waals surface area contributed by atoms with Gasteiger partial charge in [0.05, 0.1) is 18.6 Å². The number of ether oxygens (including phenoxy) is 1. The van der Waals surface area contributed by atoms with Crippen LogP contribution in [0.5, 0.6) is 5.75 Å². The van der Waals surface area contributed by atoms with E-state index in [1.165, 1.54) is 13.2 Å². The Morgan fingerprint density at radius 2 is 2.05 bits per heavy atom. The van der Waals surface area contributed by atoms with Crippen molar-refractivity contribution in [2.24, 2.45) is 5.41 Å². The average Bonchev–Trinajstić information content (AvgIpc) is 2.37. The maximum atomic E-state index is 10.9. The highest BCUT2D eigenvalue weighted by Crippen LogP contribution is 2.29. The first kappa shape index (κ1) is 17.4. The Bertz CT molecular complexity index is 497. The zero-order chi connectivity index (χ0) is 16.2. The van der Waals surface area contributed by atoms with E-state index in [-0.39, 0.29) is 29.5 Å². The molecular weight excluding hydrogens is 272 g/mol. The summed E-state index contributed by atoms with van der Waals surface area (Å²) in [5.74, 6) is 0.252. The molecule has 0 heterocycles. The van der Waals surface area contributed by atoms with Gasteiger partial charge < -0.3 is 9.84 Å². The Morgan fingerprint density at radius 3 is 2.48 bits per heavy atom. The molecule has 0 fully saturated rings. The molecule has 1 atom stereocenters. The molecule has 1 unspecified atom stereocenters. The SMILES string of the molecule is COc1cc(CN(C)C(CO)C(C)(C)C)ccc1[N+](=O)[O-]. The van der Waals surface area contributed by atoms with Crippen LogP contribution in [-0.4, -0.2) is 41.7 Å². The number of hydrogen-bond acceptors (Lipinski definition) is 5. The van der Waals surface area contributed by atoms with E-state index in [1.807, 2.05) is 11.9 Å². The molecule has 0 saturated carbocycles. The molecule has 0 aliphatic rings. The van der Waals surface area contributed by atoms with Gasteiger partial charge in [0.1, 0.15) is 0 Å². The molecule has 0 aliphatic carbocycles. The van der Waals surface area contributed by atoms with Gasteiger partial charge in [-0.3, -0.25) is 15.0 Å². The molecule has 0 saturated heterocycles. The van der Waals surface area contributed by atoms with Gasteiger partial charge in [0.2, 0.25) is 0 Å². The second-order valence-electron chi connectivity index (χ2n) is 6.24. The lowest BCUT2D eigenvalue weighted by atomic mass is 9.86. The molecule has 6 nitrogen and oxygen atoms in total. The van der Waals surface area contributed by atoms with Crippen LogP contribution in [0.2, 0.25) is 0 Å². The Morgan fingerprint density at radius 1 is 1.43 bits per heavy atom. The first-order valence-corrected chi connectivity index (χ1v) is 6.83. The van der Waals surface area contributed by atoms with Gasteiger partial charge in [-0.05, 0) is 24.1 Å². The summed E-state index contributed by atoms with van der Waals surface area (Å²) in [5, 5.41) is 20.5. The number of nitrogens with zero attached hydrogens (tertiary/aromatic N) is 2. The number of likely N-dealkylation sites (N-methyl/N-ethyl adjacent to an activating group) is 1. The molecule has 0 spiro atoms. The fraction of sp³-hybridized carbons (Fsp3) is 0.600. The summed E-state index contributed by atoms with van der Waals surface area (Å²) in [4.78, 5) is 12.5. The van der Waals surface area contributed by atoms with E-state index in [1.54, 1.807) is 12.1 Å². The molecule has 0 radical (unpaired) electrons. The Labute approximate surface area is 125 Å². The van der Waals surface area contributed by atoms with Crippen molar-refractivity contribution in [2.75, 3.05) is 20.8 Å². The fourth-order valence-electron chi connectivity index (χ4n) is 2.44. The minimum absolute atomic E-state index is 0.00122. The van der Waals surface area contributed by atoms with E-state index >= 15 is 0 Å². The number of aliphatic hydroxyl groups is 1. The van der Waals surface area contributed by atoms with Gasteiger partial charge in [0.25, 0.3) is 0 Å². The smallest absolute Gasteiger partial charge is 0.310 e. The molecule has 6 heteroatoms. The first-order chi connectivity index (χ1) is 9.70. The van der Waals surface area contributed by atoms with Crippen molar-refractivity contribution in [1.29, 1.82) is 0 Å². The summed E-state index contributed by atoms with van der Waals surface area (Å²) in [6, 6.07) is 4.84. The molecule has 1 rings (SSSR count). The molecule has 1 N–H and O–H groups in total. The third-order valence-electron chi connectivity index (χ3n) is 3.58. The molecule has 1 aromatic carbocycles. The molecule has 118 valence electrons. The number of methoxy groups -OCH3 is 1. The molecule has 1 aromatic rings. The van der Waals surface area contributed by atoms with Crippen LogP contribution in [0.4, 0.5) is 5.69 Å². The van der Waals surface area contributed by atoms with Crippen LogP contribution in [0.1, 0.15) is 26.3 Å². The lowest BCUT2D eigenvalue weighted by Gasteiger charge is -2.36. The number of nitro groups is 1. The molecule has 0 bridgehead atoms. The summed E-state index contributed by atoms with van der Waals surface area (Å²) in [7, 11) is 3.35. The van der Waals surface area contributed by atoms with E-state index < -0.39 is 4.92 Å². The number of benzene rings is 1. The largest absolute Gasteiger partial charge is 0.490 e. The maximum Gasteiger partial charge on any atom is 0.310 e. The predicted molar refractivity (Wildman–Crippen MR) is 81.4 cm³/mol. The molecule has 0 aliphatic heterocycles. The Kier molecular flexibility index (Phi) is 5.69. The summed E-state index contributed by atoms with van der Waals surface area (Å²) in [6.45, 7) is 6.85. The summed E-state index contributed by atoms with van der Waals surface area (Å²) >= 11 is 0. The van der Waals surface area contributed by atoms with Crippen molar-refractivity contribution in [2.45, 2.75) is 33.4 Å². The number of aliphatic hydroxyl groups excluding tert-OH is 1. The second kappa shape index (κ2) is 6.87. The Hall–Kier alpha value is -1.66. The second-order valence-corrected chi connectivity index (χ2v) is 6.24. The zero-order valence-corrected chi connectivity index (χ0v) is 13.3. The first-order valence-electron chi connectivity index (χ1n) is 6.83. The lowest BCUT2D eigenvalue weighted by molar-refractivity contribution is -0.385. The highest BCUT2D eigenvalue weighted by atomic mass is 16.6. The van der Waals surface area contributed by atoms with Gasteiger partial charge in [0.15, 0.2) is 5.75 Å². The standard InChI is InChI=1S/C15H24N2O4/c1-15(2,3)14(10-18)16(4)9-11-6-7-12(17(19)20)13(8-11)21-5/h6-8,14,18H,9-10H2,1-5H3. The lowest BCUT2D eigenvalue weighted by Crippen LogP contribution is -2.43. The van der Waals surface area contributed by atoms with E-state index in [4.69, 9.17) is 4.74 Å². The summed E-state index contributed by atoms with van der Waals surface area (Å²) in [6.07, 6.45) is 0. The average molecular weight is 296 g/mol. The normalized spacial score (nSPS) is 13.3. The van der Waals surface area contributed by atoms with Crippen molar-refractivity contribution >= 4 is 5.69 Å². The van der Waals surface area contributed by atoms with Gasteiger partial charge in [-0.15, -0.1) is 0 Å². The topological polar surface area (TPSA) is 75.8 Å². The van der Waals surface area contributed by atoms with Crippen molar-refractivity contribution in [3.63, 3.8) is 0 Å². The zero-order valence-electron chi connectivity index (χ0n) is 13.3. The van der Waals surface area contributed by atoms with Gasteiger partial charge in [-0.1, -0.05) is 26.8 Å². The Balaban J connectivity index is 2.95. The molecule has 0 aromatic heterocycles. The predicted octanol–water partition coefficient (Wildman–Crippen LogP) is 2.44. The van der Waals surface area contributed by atoms with Crippen LogP contribution in [0.3, 0.4) is 0 Å². The molecule has 21 heavy (non-hydrogen) atoms. The highest BCUT2D eigenvalue weighted by Gasteiger charge is 2.28. The summed E-state index contributed by atoms with van der Waals surface area (Å²) < 4.78 is 5.07. The van der Waals surface area contributed by atoms with E-state index in [2.05, 4.69) is 20.8 Å². The molecular formula is C15H24N2O4. The number of nitro benzene ring substituents is 1. The van der Waals surface area contributed by atoms with Gasteiger partial charge >= 0.3 is 5.69 Å². The van der Waals surface area contributed by atoms with E-state index in [0.29, 0.717) is 6.54 Å². The van der Waals surface area contributed by atoms with Crippen molar-refractivity contribution in [1.82, 2.24) is 4.90 Å². The van der Waals surface area contributed by atoms with Crippen molar-refractivity contribution < 1.29 is 14.8 Å². The monoisotopic (exact) mass is 296 g/mol. The van der Waals surface area contributed by atoms with Crippen LogP contribution in [0.25, 0.3) is 0 Å². The van der Waals surface area contributed by atoms with Crippen LogP contribution in [-0.2, 0) is 6.54 Å². The molecule has 0 amide bonds. The van der Waals surface area contributed by atoms with Gasteiger partial charge in [0, 0.05) is 18.7 Å². The van der Waals surface area contributed by atoms with E-state index in [0.717, 1.165) is 5.56 Å². The van der Waals surface area contributed by atoms with Crippen LogP contribution < -0.4 is 4.74 Å². The minimum atomic E-state index is -0.460. The maximum absolute atomic E-state index is 10.9. The van der Waals surface area contributed by atoms with Crippen LogP contribution in [0, 0.1) is 15.5 Å². The third kappa shape index (κ3) is 4.41. The van der Waals surface area contributed by atoms with Gasteiger partial charge in [-0.25, -0.2) is 0 Å². The highest BCUT2D eigenvalue weighted by molar-refractivity contribution is 5.48. The third-order valence-corrected chi connectivity index (χ3v) is 3.58. The fourth-order valence-corrected chi connectivity index (χ4v) is 2.44.